The van der Waals surface area contributed by atoms with Crippen LogP contribution in [-0.2, 0) is 29.6 Å². The molecule has 5 heteroatoms. The van der Waals surface area contributed by atoms with E-state index < -0.39 is 11.4 Å². The third kappa shape index (κ3) is 4.70. The van der Waals surface area contributed by atoms with E-state index in [2.05, 4.69) is 11.9 Å². The molecule has 3 aromatic rings. The van der Waals surface area contributed by atoms with Gasteiger partial charge in [-0.2, -0.15) is 0 Å². The number of carboxylic acid groups (broad SMARTS) is 1. The van der Waals surface area contributed by atoms with Gasteiger partial charge in [0.2, 0.25) is 0 Å². The average Bonchev–Trinajstić information content (AvgIpc) is 3.11. The van der Waals surface area contributed by atoms with Gasteiger partial charge in [0.05, 0.1) is 12.2 Å². The summed E-state index contributed by atoms with van der Waals surface area (Å²) in [7, 11) is 0. The van der Waals surface area contributed by atoms with Crippen molar-refractivity contribution in [2.45, 2.75) is 51.5 Å². The largest absolute Gasteiger partial charge is 0.481 e. The number of aromatic nitrogens is 2. The van der Waals surface area contributed by atoms with Crippen molar-refractivity contribution in [2.75, 3.05) is 0 Å². The van der Waals surface area contributed by atoms with Crippen LogP contribution >= 0.6 is 11.6 Å². The molecule has 1 N–H and O–H groups in total. The van der Waals surface area contributed by atoms with Crippen molar-refractivity contribution in [3.63, 3.8) is 0 Å². The highest BCUT2D eigenvalue weighted by Crippen LogP contribution is 2.31. The molecule has 4 nitrogen and oxygen atoms in total. The summed E-state index contributed by atoms with van der Waals surface area (Å²) in [5, 5.41) is 10.9. The number of imidazole rings is 1. The predicted molar refractivity (Wildman–Crippen MR) is 117 cm³/mol. The summed E-state index contributed by atoms with van der Waals surface area (Å²) in [5.41, 5.74) is 1.55. The van der Waals surface area contributed by atoms with Crippen LogP contribution in [0.2, 0.25) is 5.02 Å². The standard InChI is InChI=1S/C24H27ClN2O2/c1-3-4-14-22-26-16-21(27(22)17-19-12-8-9-13-20(19)25)24(2,23(28)29)15-18-10-6-5-7-11-18/h5-13,16H,3-4,14-15,17H2,1-2H3,(H,28,29). The van der Waals surface area contributed by atoms with E-state index in [-0.39, 0.29) is 0 Å². The molecular weight excluding hydrogens is 384 g/mol. The van der Waals surface area contributed by atoms with E-state index in [9.17, 15) is 9.90 Å². The van der Waals surface area contributed by atoms with E-state index >= 15 is 0 Å². The number of benzene rings is 2. The Morgan fingerprint density at radius 3 is 2.48 bits per heavy atom. The molecule has 0 fully saturated rings. The lowest BCUT2D eigenvalue weighted by atomic mass is 9.80. The molecule has 1 unspecified atom stereocenters. The van der Waals surface area contributed by atoms with Crippen molar-refractivity contribution >= 4 is 17.6 Å². The lowest BCUT2D eigenvalue weighted by Gasteiger charge is -2.27. The molecule has 0 saturated carbocycles. The molecule has 1 aromatic heterocycles. The fourth-order valence-electron chi connectivity index (χ4n) is 3.64. The first-order valence-electron chi connectivity index (χ1n) is 10.0. The van der Waals surface area contributed by atoms with E-state index in [4.69, 9.17) is 11.6 Å². The molecular formula is C24H27ClN2O2. The van der Waals surface area contributed by atoms with Crippen LogP contribution in [0.5, 0.6) is 0 Å². The molecule has 0 bridgehead atoms. The highest BCUT2D eigenvalue weighted by atomic mass is 35.5. The van der Waals surface area contributed by atoms with Crippen molar-refractivity contribution < 1.29 is 9.90 Å². The summed E-state index contributed by atoms with van der Waals surface area (Å²) in [5.74, 6) is 0.0472. The molecule has 29 heavy (non-hydrogen) atoms. The predicted octanol–water partition coefficient (Wildman–Crippen LogP) is 5.51. The van der Waals surface area contributed by atoms with E-state index in [1.807, 2.05) is 59.2 Å². The average molecular weight is 411 g/mol. The number of aliphatic carboxylic acids is 1. The minimum atomic E-state index is -1.10. The van der Waals surface area contributed by atoms with E-state index in [0.717, 1.165) is 36.2 Å². The van der Waals surface area contributed by atoms with Crippen LogP contribution in [0.1, 0.15) is 49.3 Å². The number of rotatable bonds is 9. The monoisotopic (exact) mass is 410 g/mol. The van der Waals surface area contributed by atoms with Crippen LogP contribution < -0.4 is 0 Å². The highest BCUT2D eigenvalue weighted by Gasteiger charge is 2.39. The second-order valence-electron chi connectivity index (χ2n) is 7.64. The molecule has 152 valence electrons. The lowest BCUT2D eigenvalue weighted by molar-refractivity contribution is -0.143. The van der Waals surface area contributed by atoms with Gasteiger partial charge in [0, 0.05) is 17.6 Å². The summed E-state index contributed by atoms with van der Waals surface area (Å²) < 4.78 is 2.05. The third-order valence-electron chi connectivity index (χ3n) is 5.42. The summed E-state index contributed by atoms with van der Waals surface area (Å²) in [6, 6.07) is 17.4. The Bertz CT molecular complexity index is 968. The smallest absolute Gasteiger partial charge is 0.315 e. The number of nitrogens with zero attached hydrogens (tertiary/aromatic N) is 2. The van der Waals surface area contributed by atoms with Crippen LogP contribution in [0, 0.1) is 0 Å². The quantitative estimate of drug-likeness (QED) is 0.505. The van der Waals surface area contributed by atoms with Crippen LogP contribution in [0.25, 0.3) is 0 Å². The van der Waals surface area contributed by atoms with Crippen LogP contribution in [0.4, 0.5) is 0 Å². The number of carboxylic acids is 1. The first-order valence-corrected chi connectivity index (χ1v) is 10.4. The van der Waals surface area contributed by atoms with E-state index in [0.29, 0.717) is 23.7 Å². The topological polar surface area (TPSA) is 55.1 Å². The van der Waals surface area contributed by atoms with Crippen LogP contribution in [0.15, 0.2) is 60.8 Å². The van der Waals surface area contributed by atoms with Gasteiger partial charge in [-0.3, -0.25) is 4.79 Å². The Labute approximate surface area is 177 Å². The van der Waals surface area contributed by atoms with Crippen LogP contribution in [-0.4, -0.2) is 20.6 Å². The molecule has 3 rings (SSSR count). The van der Waals surface area contributed by atoms with Gasteiger partial charge in [0.1, 0.15) is 11.2 Å². The fraction of sp³-hybridized carbons (Fsp3) is 0.333. The maximum Gasteiger partial charge on any atom is 0.315 e. The molecule has 1 heterocycles. The fourth-order valence-corrected chi connectivity index (χ4v) is 3.84. The zero-order valence-electron chi connectivity index (χ0n) is 16.9. The number of unbranched alkanes of at least 4 members (excludes halogenated alkanes) is 1. The molecule has 1 atom stereocenters. The zero-order chi connectivity index (χ0) is 20.9. The minimum Gasteiger partial charge on any atom is -0.481 e. The van der Waals surface area contributed by atoms with Crippen molar-refractivity contribution in [3.8, 4) is 0 Å². The first-order chi connectivity index (χ1) is 14.0. The second kappa shape index (κ2) is 9.27. The van der Waals surface area contributed by atoms with Gasteiger partial charge >= 0.3 is 5.97 Å². The number of aryl methyl sites for hydroxylation is 1. The van der Waals surface area contributed by atoms with Crippen molar-refractivity contribution in [1.82, 2.24) is 9.55 Å². The molecule has 0 saturated heterocycles. The maximum absolute atomic E-state index is 12.5. The Hall–Kier alpha value is -2.59. The molecule has 0 spiro atoms. The normalized spacial score (nSPS) is 13.2. The van der Waals surface area contributed by atoms with Gasteiger partial charge in [0.25, 0.3) is 0 Å². The summed E-state index contributed by atoms with van der Waals surface area (Å²) in [6.07, 6.45) is 4.99. The van der Waals surface area contributed by atoms with E-state index in [1.165, 1.54) is 0 Å². The van der Waals surface area contributed by atoms with Crippen molar-refractivity contribution in [2.24, 2.45) is 0 Å². The minimum absolute atomic E-state index is 0.393. The molecule has 0 amide bonds. The molecule has 0 radical (unpaired) electrons. The van der Waals surface area contributed by atoms with Gasteiger partial charge in [-0.15, -0.1) is 0 Å². The Kier molecular flexibility index (Phi) is 6.75. The number of carbonyl (C=O) groups is 1. The summed E-state index contributed by atoms with van der Waals surface area (Å²) >= 11 is 6.41. The van der Waals surface area contributed by atoms with Gasteiger partial charge in [-0.1, -0.05) is 73.5 Å². The lowest BCUT2D eigenvalue weighted by Crippen LogP contribution is -2.37. The Balaban J connectivity index is 2.07. The van der Waals surface area contributed by atoms with Crippen molar-refractivity contribution in [1.29, 1.82) is 0 Å². The van der Waals surface area contributed by atoms with Gasteiger partial charge in [0.15, 0.2) is 0 Å². The Morgan fingerprint density at radius 2 is 1.83 bits per heavy atom. The molecule has 0 aliphatic rings. The zero-order valence-corrected chi connectivity index (χ0v) is 17.7. The maximum atomic E-state index is 12.5. The molecule has 0 aliphatic heterocycles. The van der Waals surface area contributed by atoms with Gasteiger partial charge < -0.3 is 9.67 Å². The summed E-state index contributed by atoms with van der Waals surface area (Å²) in [6.45, 7) is 4.43. The summed E-state index contributed by atoms with van der Waals surface area (Å²) in [4.78, 5) is 17.1. The number of hydrogen-bond acceptors (Lipinski definition) is 2. The van der Waals surface area contributed by atoms with E-state index in [1.54, 1.807) is 13.1 Å². The van der Waals surface area contributed by atoms with Gasteiger partial charge in [-0.25, -0.2) is 4.98 Å². The molecule has 2 aromatic carbocycles. The SMILES string of the molecule is CCCCc1ncc(C(C)(Cc2ccccc2)C(=O)O)n1Cc1ccccc1Cl. The van der Waals surface area contributed by atoms with Crippen molar-refractivity contribution in [3.05, 3.63) is 88.5 Å². The number of halogens is 1. The highest BCUT2D eigenvalue weighted by molar-refractivity contribution is 6.31. The Morgan fingerprint density at radius 1 is 1.14 bits per heavy atom. The second-order valence-corrected chi connectivity index (χ2v) is 8.05. The number of hydrogen-bond donors (Lipinski definition) is 1. The first kappa shape index (κ1) is 21.1. The molecule has 0 aliphatic carbocycles. The third-order valence-corrected chi connectivity index (χ3v) is 5.79. The van der Waals surface area contributed by atoms with Crippen LogP contribution in [0.3, 0.4) is 0 Å². The van der Waals surface area contributed by atoms with Gasteiger partial charge in [-0.05, 0) is 37.0 Å².